The number of allylic oxidation sites excluding steroid dienone is 2. The molecule has 0 aromatic heterocycles. The van der Waals surface area contributed by atoms with Crippen LogP contribution in [0.15, 0.2) is 95.2 Å². The number of aliphatic hydroxyl groups excluding tert-OH is 1. The molecule has 0 bridgehead atoms. The van der Waals surface area contributed by atoms with Crippen LogP contribution in [0.4, 0.5) is 0 Å². The van der Waals surface area contributed by atoms with Crippen molar-refractivity contribution in [2.75, 3.05) is 6.54 Å². The summed E-state index contributed by atoms with van der Waals surface area (Å²) in [5.74, 6) is 0.153. The zero-order chi connectivity index (χ0) is 34.5. The molecule has 0 aliphatic heterocycles. The highest BCUT2D eigenvalue weighted by molar-refractivity contribution is 14.1. The number of nitrogens with zero attached hydrogens (tertiary/aromatic N) is 1. The fourth-order valence-corrected chi connectivity index (χ4v) is 7.86. The van der Waals surface area contributed by atoms with Gasteiger partial charge >= 0.3 is 5.97 Å². The van der Waals surface area contributed by atoms with Gasteiger partial charge in [-0.05, 0) is 48.1 Å². The maximum atomic E-state index is 14.4. The number of ketones is 1. The summed E-state index contributed by atoms with van der Waals surface area (Å²) < 4.78 is 9.81. The van der Waals surface area contributed by atoms with Crippen molar-refractivity contribution in [3.8, 4) is 0 Å². The highest BCUT2D eigenvalue weighted by atomic mass is 127. The second kappa shape index (κ2) is 15.7. The number of rotatable bonds is 12. The Balaban J connectivity index is 1.56. The lowest BCUT2D eigenvalue weighted by molar-refractivity contribution is -0.155. The Bertz CT molecular complexity index is 1660. The minimum absolute atomic E-state index is 0.0191. The first-order valence-corrected chi connectivity index (χ1v) is 18.4. The van der Waals surface area contributed by atoms with E-state index in [2.05, 4.69) is 27.8 Å². The zero-order valence-corrected chi connectivity index (χ0v) is 31.2. The molecule has 0 spiro atoms. The van der Waals surface area contributed by atoms with Crippen LogP contribution in [-0.4, -0.2) is 35.2 Å². The van der Waals surface area contributed by atoms with Crippen molar-refractivity contribution < 1.29 is 19.4 Å². The van der Waals surface area contributed by atoms with Gasteiger partial charge in [-0.2, -0.15) is 0 Å². The number of carbonyl (C=O) groups is 2. The molecule has 3 aromatic carbocycles. The number of esters is 1. The maximum Gasteiger partial charge on any atom is 0.327 e. The minimum Gasteiger partial charge on any atom is -0.511 e. The first-order chi connectivity index (χ1) is 22.9. The Morgan fingerprint density at radius 2 is 1.62 bits per heavy atom. The van der Waals surface area contributed by atoms with Crippen LogP contribution in [0.2, 0.25) is 5.02 Å². The third-order valence-corrected chi connectivity index (χ3v) is 10.5. The van der Waals surface area contributed by atoms with Crippen LogP contribution >= 0.6 is 34.5 Å². The van der Waals surface area contributed by atoms with E-state index in [1.807, 2.05) is 105 Å². The second-order valence-corrected chi connectivity index (χ2v) is 15.4. The van der Waals surface area contributed by atoms with Gasteiger partial charge in [-0.3, -0.25) is 14.6 Å². The number of ether oxygens (including phenoxy) is 1. The summed E-state index contributed by atoms with van der Waals surface area (Å²) in [5.41, 5.74) is 2.64. The van der Waals surface area contributed by atoms with Gasteiger partial charge in [-0.1, -0.05) is 125 Å². The van der Waals surface area contributed by atoms with Crippen molar-refractivity contribution in [3.05, 3.63) is 117 Å². The predicted octanol–water partition coefficient (Wildman–Crippen LogP) is 9.83. The summed E-state index contributed by atoms with van der Waals surface area (Å²) in [5, 5.41) is 11.5. The first-order valence-electron chi connectivity index (χ1n) is 16.9. The number of benzene rings is 3. The van der Waals surface area contributed by atoms with Gasteiger partial charge in [-0.25, -0.2) is 3.53 Å². The molecule has 0 heterocycles. The third-order valence-electron chi connectivity index (χ3n) is 9.45. The first kappa shape index (κ1) is 36.3. The molecule has 2 atom stereocenters. The number of aliphatic imine (C=N–C) groups is 1. The van der Waals surface area contributed by atoms with E-state index in [9.17, 15) is 14.7 Å². The summed E-state index contributed by atoms with van der Waals surface area (Å²) in [4.78, 5) is 32.5. The molecule has 0 radical (unpaired) electrons. The number of hydrogen-bond donors (Lipinski definition) is 2. The molecule has 6 nitrogen and oxygen atoms in total. The maximum absolute atomic E-state index is 14.4. The van der Waals surface area contributed by atoms with E-state index in [4.69, 9.17) is 21.3 Å². The number of nitrogens with one attached hydrogen (secondary N) is 1. The molecule has 0 amide bonds. The van der Waals surface area contributed by atoms with E-state index in [-0.39, 0.29) is 29.4 Å². The SMILES string of the molecule is CC(C)CC(=NCC(NI)C(=O)OC(c1ccccc1)(c1ccc(C2CCCC2)cc1)c1ccccc1Cl)C1=C(O)CC(C)(C)CC1=O. The van der Waals surface area contributed by atoms with E-state index in [0.717, 1.165) is 11.1 Å². The Kier molecular flexibility index (Phi) is 11.9. The van der Waals surface area contributed by atoms with Crippen LogP contribution in [0.3, 0.4) is 0 Å². The van der Waals surface area contributed by atoms with Crippen molar-refractivity contribution in [2.24, 2.45) is 16.3 Å². The van der Waals surface area contributed by atoms with Crippen LogP contribution < -0.4 is 3.53 Å². The summed E-state index contributed by atoms with van der Waals surface area (Å²) >= 11 is 8.89. The molecular weight excluding hydrogens is 735 g/mol. The molecule has 2 aliphatic rings. The lowest BCUT2D eigenvalue weighted by Crippen LogP contribution is -2.43. The monoisotopic (exact) mass is 780 g/mol. The van der Waals surface area contributed by atoms with Gasteiger partial charge in [0.05, 0.1) is 12.1 Å². The fourth-order valence-electron chi connectivity index (χ4n) is 7.14. The van der Waals surface area contributed by atoms with Crippen LogP contribution in [0.1, 0.15) is 101 Å². The Morgan fingerprint density at radius 1 is 1.00 bits per heavy atom. The van der Waals surface area contributed by atoms with Gasteiger partial charge in [0.25, 0.3) is 0 Å². The lowest BCUT2D eigenvalue weighted by atomic mass is 9.75. The van der Waals surface area contributed by atoms with Crippen molar-refractivity contribution >= 4 is 51.9 Å². The molecule has 3 aromatic rings. The van der Waals surface area contributed by atoms with E-state index < -0.39 is 17.6 Å². The van der Waals surface area contributed by atoms with Crippen molar-refractivity contribution in [1.82, 2.24) is 3.53 Å². The second-order valence-electron chi connectivity index (χ2n) is 14.4. The number of carbonyl (C=O) groups excluding carboxylic acids is 2. The summed E-state index contributed by atoms with van der Waals surface area (Å²) in [6.45, 7) is 8.06. The number of hydrogen-bond acceptors (Lipinski definition) is 6. The molecule has 2 aliphatic carbocycles. The topological polar surface area (TPSA) is 88.0 Å². The highest BCUT2D eigenvalue weighted by Crippen LogP contribution is 2.45. The molecule has 2 N–H and O–H groups in total. The van der Waals surface area contributed by atoms with Crippen LogP contribution in [0.25, 0.3) is 0 Å². The number of aliphatic hydroxyl groups is 1. The van der Waals surface area contributed by atoms with Gasteiger partial charge in [0.2, 0.25) is 0 Å². The highest BCUT2D eigenvalue weighted by Gasteiger charge is 2.44. The van der Waals surface area contributed by atoms with Gasteiger partial charge < -0.3 is 9.84 Å². The average Bonchev–Trinajstić information content (AvgIpc) is 3.59. The molecule has 48 heavy (non-hydrogen) atoms. The van der Waals surface area contributed by atoms with Crippen molar-refractivity contribution in [3.63, 3.8) is 0 Å². The molecule has 254 valence electrons. The zero-order valence-electron chi connectivity index (χ0n) is 28.3. The van der Waals surface area contributed by atoms with E-state index in [1.165, 1.54) is 31.2 Å². The lowest BCUT2D eigenvalue weighted by Gasteiger charge is -2.37. The summed E-state index contributed by atoms with van der Waals surface area (Å²) in [6.07, 6.45) is 6.08. The number of halogens is 2. The smallest absolute Gasteiger partial charge is 0.327 e. The molecule has 5 rings (SSSR count). The van der Waals surface area contributed by atoms with Crippen LogP contribution in [0, 0.1) is 11.3 Å². The van der Waals surface area contributed by atoms with Gasteiger partial charge in [-0.15, -0.1) is 0 Å². The van der Waals surface area contributed by atoms with Crippen molar-refractivity contribution in [1.29, 1.82) is 0 Å². The quantitative estimate of drug-likeness (QED) is 0.0629. The molecule has 8 heteroatoms. The van der Waals surface area contributed by atoms with Crippen molar-refractivity contribution in [2.45, 2.75) is 90.2 Å². The standard InChI is InChI=1S/C40H46ClIN2O4/c1-26(2)22-33(37-35(45)23-39(3,4)24-36(37)46)43-25-34(44-42)38(47)48-40(29-14-6-5-7-15-29,31-16-10-11-17-32(31)41)30-20-18-28(19-21-30)27-12-8-9-13-27/h5-7,10-11,14-21,26-27,34,44-45H,8-9,12-13,22-25H2,1-4H3. The normalized spacial score (nSPS) is 19.0. The summed E-state index contributed by atoms with van der Waals surface area (Å²) in [7, 11) is 0. The van der Waals surface area contributed by atoms with Gasteiger partial charge in [0.1, 0.15) is 11.8 Å². The van der Waals surface area contributed by atoms with E-state index in [1.54, 1.807) is 0 Å². The molecule has 2 unspecified atom stereocenters. The molecule has 1 fully saturated rings. The average molecular weight is 781 g/mol. The molecule has 1 saturated carbocycles. The third kappa shape index (κ3) is 8.06. The molecule has 0 saturated heterocycles. The Labute approximate surface area is 303 Å². The summed E-state index contributed by atoms with van der Waals surface area (Å²) in [6, 6.07) is 24.8. The van der Waals surface area contributed by atoms with Crippen LogP contribution in [-0.2, 0) is 19.9 Å². The molecular formula is C40H46ClIN2O4. The Hall–Kier alpha value is -3.01. The van der Waals surface area contributed by atoms with E-state index in [0.29, 0.717) is 47.1 Å². The Morgan fingerprint density at radius 3 is 2.23 bits per heavy atom. The largest absolute Gasteiger partial charge is 0.511 e. The van der Waals surface area contributed by atoms with Gasteiger partial charge in [0, 0.05) is 63.1 Å². The predicted molar refractivity (Wildman–Crippen MR) is 202 cm³/mol. The van der Waals surface area contributed by atoms with Gasteiger partial charge in [0.15, 0.2) is 11.4 Å². The fraction of sp³-hybridized carbons (Fsp3) is 0.425. The van der Waals surface area contributed by atoms with Crippen LogP contribution in [0.5, 0.6) is 0 Å². The minimum atomic E-state index is -1.35. The van der Waals surface area contributed by atoms with E-state index >= 15 is 0 Å². The number of Topliss-reactive ketones (excluding diaryl/α,β-unsaturated/α-hetero) is 1.